The van der Waals surface area contributed by atoms with E-state index in [0.29, 0.717) is 18.8 Å². The number of aromatic nitrogens is 1. The van der Waals surface area contributed by atoms with Crippen molar-refractivity contribution in [2.24, 2.45) is 0 Å². The van der Waals surface area contributed by atoms with E-state index < -0.39 is 0 Å². The van der Waals surface area contributed by atoms with E-state index in [2.05, 4.69) is 11.6 Å². The second kappa shape index (κ2) is 6.59. The standard InChI is InChI=1S/C12H15N3O/c1-3-7-15(8-9-16-2)12-6-4-5-11(10-13)14-12/h3-6H,1,7-9H2,2H3. The van der Waals surface area contributed by atoms with Crippen LogP contribution in [0.3, 0.4) is 0 Å². The molecule has 4 nitrogen and oxygen atoms in total. The molecular weight excluding hydrogens is 202 g/mol. The molecule has 1 rings (SSSR count). The molecular formula is C12H15N3O. The van der Waals surface area contributed by atoms with E-state index in [1.54, 1.807) is 19.3 Å². The van der Waals surface area contributed by atoms with Crippen LogP contribution in [-0.4, -0.2) is 31.8 Å². The van der Waals surface area contributed by atoms with E-state index in [1.165, 1.54) is 0 Å². The highest BCUT2D eigenvalue weighted by Crippen LogP contribution is 2.10. The average Bonchev–Trinajstić information content (AvgIpc) is 2.34. The second-order valence-electron chi connectivity index (χ2n) is 3.22. The first kappa shape index (κ1) is 12.2. The van der Waals surface area contributed by atoms with Gasteiger partial charge in [0.05, 0.1) is 6.61 Å². The van der Waals surface area contributed by atoms with Crippen molar-refractivity contribution in [2.75, 3.05) is 31.7 Å². The van der Waals surface area contributed by atoms with Gasteiger partial charge in [-0.05, 0) is 12.1 Å². The number of pyridine rings is 1. The summed E-state index contributed by atoms with van der Waals surface area (Å²) in [5, 5.41) is 8.77. The number of nitrogens with zero attached hydrogens (tertiary/aromatic N) is 3. The number of methoxy groups -OCH3 is 1. The smallest absolute Gasteiger partial charge is 0.142 e. The third kappa shape index (κ3) is 3.37. The lowest BCUT2D eigenvalue weighted by molar-refractivity contribution is 0.205. The largest absolute Gasteiger partial charge is 0.383 e. The van der Waals surface area contributed by atoms with Crippen LogP contribution in [0.2, 0.25) is 0 Å². The maximum Gasteiger partial charge on any atom is 0.142 e. The summed E-state index contributed by atoms with van der Waals surface area (Å²) in [7, 11) is 1.66. The number of rotatable bonds is 6. The summed E-state index contributed by atoms with van der Waals surface area (Å²) in [6, 6.07) is 7.41. The Balaban J connectivity index is 2.82. The van der Waals surface area contributed by atoms with Gasteiger partial charge in [0.25, 0.3) is 0 Å². The molecule has 0 aromatic carbocycles. The Labute approximate surface area is 95.8 Å². The minimum Gasteiger partial charge on any atom is -0.383 e. The van der Waals surface area contributed by atoms with Crippen LogP contribution >= 0.6 is 0 Å². The first-order valence-electron chi connectivity index (χ1n) is 5.03. The summed E-state index contributed by atoms with van der Waals surface area (Å²) < 4.78 is 5.03. The Morgan fingerprint density at radius 1 is 1.62 bits per heavy atom. The van der Waals surface area contributed by atoms with Crippen LogP contribution < -0.4 is 4.90 Å². The summed E-state index contributed by atoms with van der Waals surface area (Å²) in [6.45, 7) is 5.73. The van der Waals surface area contributed by atoms with Gasteiger partial charge >= 0.3 is 0 Å². The SMILES string of the molecule is C=CCN(CCOC)c1cccc(C#N)n1. The molecule has 0 bridgehead atoms. The molecule has 84 valence electrons. The molecule has 1 aromatic rings. The van der Waals surface area contributed by atoms with E-state index in [4.69, 9.17) is 10.00 Å². The summed E-state index contributed by atoms with van der Waals surface area (Å²) in [4.78, 5) is 6.24. The van der Waals surface area contributed by atoms with Gasteiger partial charge in [0, 0.05) is 20.2 Å². The first-order valence-corrected chi connectivity index (χ1v) is 5.03. The quantitative estimate of drug-likeness (QED) is 0.679. The minimum atomic E-state index is 0.420. The Bertz CT molecular complexity index is 384. The molecule has 0 N–H and O–H groups in total. The molecule has 0 saturated heterocycles. The van der Waals surface area contributed by atoms with Gasteiger partial charge in [0.15, 0.2) is 0 Å². The first-order chi connectivity index (χ1) is 7.81. The van der Waals surface area contributed by atoms with Gasteiger partial charge < -0.3 is 9.64 Å². The van der Waals surface area contributed by atoms with Crippen LogP contribution in [0.4, 0.5) is 5.82 Å². The molecule has 0 fully saturated rings. The molecule has 1 aromatic heterocycles. The lowest BCUT2D eigenvalue weighted by Crippen LogP contribution is -2.28. The zero-order valence-corrected chi connectivity index (χ0v) is 9.39. The molecule has 0 aliphatic heterocycles. The van der Waals surface area contributed by atoms with Crippen molar-refractivity contribution in [1.82, 2.24) is 4.98 Å². The molecule has 0 atom stereocenters. The van der Waals surface area contributed by atoms with Crippen molar-refractivity contribution in [3.05, 3.63) is 36.5 Å². The molecule has 4 heteroatoms. The third-order valence-electron chi connectivity index (χ3n) is 2.09. The molecule has 0 aliphatic rings. The molecule has 16 heavy (non-hydrogen) atoms. The van der Waals surface area contributed by atoms with Crippen LogP contribution in [0.25, 0.3) is 0 Å². The molecule has 0 unspecified atom stereocenters. The number of hydrogen-bond acceptors (Lipinski definition) is 4. The van der Waals surface area contributed by atoms with E-state index >= 15 is 0 Å². The Morgan fingerprint density at radius 3 is 3.06 bits per heavy atom. The summed E-state index contributed by atoms with van der Waals surface area (Å²) in [5.74, 6) is 0.774. The molecule has 0 saturated carbocycles. The zero-order chi connectivity index (χ0) is 11.8. The van der Waals surface area contributed by atoms with E-state index in [0.717, 1.165) is 12.4 Å². The predicted molar refractivity (Wildman–Crippen MR) is 63.2 cm³/mol. The van der Waals surface area contributed by atoms with Gasteiger partial charge in [-0.15, -0.1) is 6.58 Å². The minimum absolute atomic E-state index is 0.420. The van der Waals surface area contributed by atoms with E-state index in [-0.39, 0.29) is 0 Å². The Kier molecular flexibility index (Phi) is 5.03. The van der Waals surface area contributed by atoms with Gasteiger partial charge in [-0.2, -0.15) is 5.26 Å². The summed E-state index contributed by atoms with van der Waals surface area (Å²) in [5.41, 5.74) is 0.420. The Hall–Kier alpha value is -1.86. The summed E-state index contributed by atoms with van der Waals surface area (Å²) in [6.07, 6.45) is 1.80. The van der Waals surface area contributed by atoms with Crippen LogP contribution in [-0.2, 0) is 4.74 Å². The van der Waals surface area contributed by atoms with E-state index in [9.17, 15) is 0 Å². The normalized spacial score (nSPS) is 9.50. The lowest BCUT2D eigenvalue weighted by Gasteiger charge is -2.21. The predicted octanol–water partition coefficient (Wildman–Crippen LogP) is 1.59. The van der Waals surface area contributed by atoms with Crippen molar-refractivity contribution in [2.45, 2.75) is 0 Å². The average molecular weight is 217 g/mol. The highest BCUT2D eigenvalue weighted by molar-refractivity contribution is 5.42. The van der Waals surface area contributed by atoms with Crippen molar-refractivity contribution < 1.29 is 4.74 Å². The number of hydrogen-bond donors (Lipinski definition) is 0. The fourth-order valence-corrected chi connectivity index (χ4v) is 1.32. The second-order valence-corrected chi connectivity index (χ2v) is 3.22. The molecule has 0 amide bonds. The Morgan fingerprint density at radius 2 is 2.44 bits per heavy atom. The van der Waals surface area contributed by atoms with Crippen LogP contribution in [0.15, 0.2) is 30.9 Å². The highest BCUT2D eigenvalue weighted by atomic mass is 16.5. The maximum atomic E-state index is 8.77. The molecule has 1 heterocycles. The fraction of sp³-hybridized carbons (Fsp3) is 0.333. The van der Waals surface area contributed by atoms with Gasteiger partial charge in [-0.25, -0.2) is 4.98 Å². The van der Waals surface area contributed by atoms with Crippen molar-refractivity contribution in [3.8, 4) is 6.07 Å². The van der Waals surface area contributed by atoms with Crippen LogP contribution in [0.5, 0.6) is 0 Å². The number of anilines is 1. The van der Waals surface area contributed by atoms with Gasteiger partial charge in [0.1, 0.15) is 17.6 Å². The monoisotopic (exact) mass is 217 g/mol. The van der Waals surface area contributed by atoms with Gasteiger partial charge in [0.2, 0.25) is 0 Å². The van der Waals surface area contributed by atoms with Gasteiger partial charge in [-0.3, -0.25) is 0 Å². The number of ether oxygens (including phenoxy) is 1. The zero-order valence-electron chi connectivity index (χ0n) is 9.39. The topological polar surface area (TPSA) is 49.1 Å². The fourth-order valence-electron chi connectivity index (χ4n) is 1.32. The number of nitriles is 1. The lowest BCUT2D eigenvalue weighted by atomic mass is 10.3. The van der Waals surface area contributed by atoms with Gasteiger partial charge in [-0.1, -0.05) is 12.1 Å². The van der Waals surface area contributed by atoms with E-state index in [1.807, 2.05) is 23.1 Å². The summed E-state index contributed by atoms with van der Waals surface area (Å²) >= 11 is 0. The van der Waals surface area contributed by atoms with Crippen molar-refractivity contribution >= 4 is 5.82 Å². The van der Waals surface area contributed by atoms with Crippen molar-refractivity contribution in [1.29, 1.82) is 5.26 Å². The van der Waals surface area contributed by atoms with Crippen molar-refractivity contribution in [3.63, 3.8) is 0 Å². The molecule has 0 spiro atoms. The maximum absolute atomic E-state index is 8.77. The third-order valence-corrected chi connectivity index (χ3v) is 2.09. The van der Waals surface area contributed by atoms with Crippen LogP contribution in [0.1, 0.15) is 5.69 Å². The van der Waals surface area contributed by atoms with Crippen LogP contribution in [0, 0.1) is 11.3 Å². The molecule has 0 radical (unpaired) electrons. The highest BCUT2D eigenvalue weighted by Gasteiger charge is 2.06. The molecule has 0 aliphatic carbocycles.